The molecule has 3 rings (SSSR count). The first kappa shape index (κ1) is 28.4. The summed E-state index contributed by atoms with van der Waals surface area (Å²) in [5, 5.41) is 10.4. The van der Waals surface area contributed by atoms with Crippen molar-refractivity contribution in [3.05, 3.63) is 25.3 Å². The van der Waals surface area contributed by atoms with Crippen molar-refractivity contribution in [1.82, 2.24) is 9.80 Å². The van der Waals surface area contributed by atoms with E-state index < -0.39 is 41.6 Å². The Hall–Kier alpha value is -2.19. The van der Waals surface area contributed by atoms with Crippen LogP contribution >= 0.6 is 0 Å². The standard InChI is InChI=1S/C28H44N2O6/c1-6-10-12-16-29(15-8-3)26(33)24-28-14-13-21(36-28)22(27(34)35-17-11-7-2)23(28)25(32)30(24)20(18-31)19(5)9-4/h7-8,19-24,31H,2-3,6,9-18H2,1,4-5H3/t19-,20-,21+,22-,23-,24?,28?/m0/s1. The zero-order valence-corrected chi connectivity index (χ0v) is 22.2. The third-order valence-corrected chi connectivity index (χ3v) is 8.35. The minimum absolute atomic E-state index is 0.0346. The molecule has 0 radical (unpaired) electrons. The number of fused-ring (bicyclic) bond motifs is 1. The number of esters is 1. The maximum absolute atomic E-state index is 14.2. The van der Waals surface area contributed by atoms with Crippen molar-refractivity contribution in [3.63, 3.8) is 0 Å². The highest BCUT2D eigenvalue weighted by Crippen LogP contribution is 2.59. The minimum atomic E-state index is -1.09. The number of hydrogen-bond acceptors (Lipinski definition) is 6. The van der Waals surface area contributed by atoms with Gasteiger partial charge in [-0.3, -0.25) is 14.4 Å². The molecule has 0 aromatic rings. The molecular formula is C28H44N2O6. The van der Waals surface area contributed by atoms with Crippen LogP contribution in [0.25, 0.3) is 0 Å². The molecule has 202 valence electrons. The van der Waals surface area contributed by atoms with Gasteiger partial charge in [0.05, 0.1) is 37.2 Å². The van der Waals surface area contributed by atoms with Crippen molar-refractivity contribution in [2.75, 3.05) is 26.3 Å². The van der Waals surface area contributed by atoms with Crippen LogP contribution in [0.5, 0.6) is 0 Å². The molecule has 3 saturated heterocycles. The second-order valence-corrected chi connectivity index (χ2v) is 10.5. The number of carbonyl (C=O) groups excluding carboxylic acids is 3. The summed E-state index contributed by atoms with van der Waals surface area (Å²) in [5.41, 5.74) is -1.09. The van der Waals surface area contributed by atoms with Gasteiger partial charge in [-0.2, -0.15) is 0 Å². The number of aliphatic hydroxyl groups excluding tert-OH is 1. The fourth-order valence-electron chi connectivity index (χ4n) is 6.32. The van der Waals surface area contributed by atoms with Gasteiger partial charge in [0, 0.05) is 13.1 Å². The van der Waals surface area contributed by atoms with Gasteiger partial charge in [0.2, 0.25) is 11.8 Å². The average molecular weight is 505 g/mol. The maximum atomic E-state index is 14.2. The van der Waals surface area contributed by atoms with Crippen molar-refractivity contribution in [1.29, 1.82) is 0 Å². The Morgan fingerprint density at radius 3 is 2.67 bits per heavy atom. The number of amides is 2. The quantitative estimate of drug-likeness (QED) is 0.209. The fourth-order valence-corrected chi connectivity index (χ4v) is 6.32. The predicted molar refractivity (Wildman–Crippen MR) is 137 cm³/mol. The second kappa shape index (κ2) is 12.4. The van der Waals surface area contributed by atoms with Gasteiger partial charge in [-0.25, -0.2) is 0 Å². The summed E-state index contributed by atoms with van der Waals surface area (Å²) in [7, 11) is 0. The Balaban J connectivity index is 2.02. The molecule has 3 aliphatic heterocycles. The molecule has 0 aromatic heterocycles. The number of rotatable bonds is 15. The second-order valence-electron chi connectivity index (χ2n) is 10.5. The van der Waals surface area contributed by atoms with E-state index >= 15 is 0 Å². The van der Waals surface area contributed by atoms with Crippen LogP contribution in [0, 0.1) is 17.8 Å². The molecule has 0 aromatic carbocycles. The average Bonchev–Trinajstić information content (AvgIpc) is 3.51. The number of carbonyl (C=O) groups is 3. The summed E-state index contributed by atoms with van der Waals surface area (Å²) in [6.07, 6.45) is 8.16. The molecule has 0 saturated carbocycles. The Kier molecular flexibility index (Phi) is 9.75. The molecule has 8 nitrogen and oxygen atoms in total. The largest absolute Gasteiger partial charge is 0.465 e. The van der Waals surface area contributed by atoms with Crippen LogP contribution in [0.2, 0.25) is 0 Å². The van der Waals surface area contributed by atoms with Gasteiger partial charge < -0.3 is 24.4 Å². The number of unbranched alkanes of at least 4 members (excludes halogenated alkanes) is 2. The smallest absolute Gasteiger partial charge is 0.312 e. The number of aliphatic hydroxyl groups is 1. The van der Waals surface area contributed by atoms with E-state index in [1.54, 1.807) is 22.0 Å². The van der Waals surface area contributed by atoms with E-state index in [4.69, 9.17) is 9.47 Å². The maximum Gasteiger partial charge on any atom is 0.312 e. The molecule has 1 N–H and O–H groups in total. The van der Waals surface area contributed by atoms with E-state index in [0.29, 0.717) is 32.4 Å². The van der Waals surface area contributed by atoms with Crippen LogP contribution in [-0.2, 0) is 23.9 Å². The van der Waals surface area contributed by atoms with E-state index in [9.17, 15) is 19.5 Å². The summed E-state index contributed by atoms with van der Waals surface area (Å²) < 4.78 is 12.0. The molecule has 0 aliphatic carbocycles. The number of hydrogen-bond donors (Lipinski definition) is 1. The van der Waals surface area contributed by atoms with Crippen LogP contribution in [0.3, 0.4) is 0 Å². The Morgan fingerprint density at radius 1 is 1.31 bits per heavy atom. The van der Waals surface area contributed by atoms with Gasteiger partial charge >= 0.3 is 5.97 Å². The summed E-state index contributed by atoms with van der Waals surface area (Å²) in [4.78, 5) is 44.8. The highest BCUT2D eigenvalue weighted by Gasteiger charge is 2.75. The lowest BCUT2D eigenvalue weighted by molar-refractivity contribution is -0.157. The summed E-state index contributed by atoms with van der Waals surface area (Å²) in [5.74, 6) is -2.50. The zero-order chi connectivity index (χ0) is 26.5. The SMILES string of the molecule is C=CCCOC(=O)[C@@H]1[C@H]2C(=O)N([C@@H](CO)[C@@H](C)CC)C(C(=O)N(CC=C)CCCCC)C23CC[C@H]1O3. The molecule has 1 spiro atoms. The van der Waals surface area contributed by atoms with E-state index in [0.717, 1.165) is 25.7 Å². The first-order valence-corrected chi connectivity index (χ1v) is 13.6. The highest BCUT2D eigenvalue weighted by molar-refractivity contribution is 5.98. The van der Waals surface area contributed by atoms with Crippen molar-refractivity contribution in [2.45, 2.75) is 89.5 Å². The third kappa shape index (κ3) is 4.99. The van der Waals surface area contributed by atoms with Crippen molar-refractivity contribution in [3.8, 4) is 0 Å². The van der Waals surface area contributed by atoms with Crippen LogP contribution < -0.4 is 0 Å². The van der Waals surface area contributed by atoms with E-state index in [1.807, 2.05) is 13.8 Å². The molecule has 2 amide bonds. The monoisotopic (exact) mass is 504 g/mol. The lowest BCUT2D eigenvalue weighted by Crippen LogP contribution is -2.59. The summed E-state index contributed by atoms with van der Waals surface area (Å²) in [6.45, 7) is 14.4. The van der Waals surface area contributed by atoms with Gasteiger partial charge in [-0.15, -0.1) is 13.2 Å². The molecule has 2 bridgehead atoms. The van der Waals surface area contributed by atoms with E-state index in [1.165, 1.54) is 0 Å². The molecular weight excluding hydrogens is 460 g/mol. The summed E-state index contributed by atoms with van der Waals surface area (Å²) >= 11 is 0. The first-order valence-electron chi connectivity index (χ1n) is 13.6. The van der Waals surface area contributed by atoms with Crippen LogP contribution in [0.4, 0.5) is 0 Å². The van der Waals surface area contributed by atoms with Crippen LogP contribution in [0.1, 0.15) is 65.7 Å². The zero-order valence-electron chi connectivity index (χ0n) is 22.2. The molecule has 8 heteroatoms. The van der Waals surface area contributed by atoms with Crippen molar-refractivity contribution >= 4 is 17.8 Å². The van der Waals surface area contributed by atoms with Crippen molar-refractivity contribution < 1.29 is 29.0 Å². The lowest BCUT2D eigenvalue weighted by Gasteiger charge is -2.41. The lowest BCUT2D eigenvalue weighted by atomic mass is 9.70. The van der Waals surface area contributed by atoms with Crippen LogP contribution in [-0.4, -0.2) is 82.8 Å². The topological polar surface area (TPSA) is 96.4 Å². The molecule has 3 heterocycles. The molecule has 3 aliphatic rings. The van der Waals surface area contributed by atoms with Gasteiger partial charge in [0.1, 0.15) is 11.6 Å². The third-order valence-electron chi connectivity index (χ3n) is 8.35. The van der Waals surface area contributed by atoms with Crippen molar-refractivity contribution in [2.24, 2.45) is 17.8 Å². The Labute approximate surface area is 215 Å². The van der Waals surface area contributed by atoms with Gasteiger partial charge in [0.25, 0.3) is 0 Å². The molecule has 7 atom stereocenters. The molecule has 2 unspecified atom stereocenters. The van der Waals surface area contributed by atoms with E-state index in [-0.39, 0.29) is 30.9 Å². The predicted octanol–water partition coefficient (Wildman–Crippen LogP) is 3.09. The number of nitrogens with zero attached hydrogens (tertiary/aromatic N) is 2. The molecule has 36 heavy (non-hydrogen) atoms. The normalized spacial score (nSPS) is 30.1. The fraction of sp³-hybridized carbons (Fsp3) is 0.750. The minimum Gasteiger partial charge on any atom is -0.465 e. The first-order chi connectivity index (χ1) is 17.3. The number of likely N-dealkylation sites (tertiary alicyclic amines) is 1. The van der Waals surface area contributed by atoms with E-state index in [2.05, 4.69) is 20.1 Å². The highest BCUT2D eigenvalue weighted by atomic mass is 16.6. The molecule has 3 fully saturated rings. The number of ether oxygens (including phenoxy) is 2. The van der Waals surface area contributed by atoms with Gasteiger partial charge in [-0.05, 0) is 31.6 Å². The Morgan fingerprint density at radius 2 is 2.06 bits per heavy atom. The summed E-state index contributed by atoms with van der Waals surface area (Å²) in [6, 6.07) is -1.43. The van der Waals surface area contributed by atoms with Gasteiger partial charge in [-0.1, -0.05) is 52.2 Å². The van der Waals surface area contributed by atoms with Gasteiger partial charge in [0.15, 0.2) is 0 Å². The van der Waals surface area contributed by atoms with Crippen LogP contribution in [0.15, 0.2) is 25.3 Å². The Bertz CT molecular complexity index is 831.